The van der Waals surface area contributed by atoms with Crippen LogP contribution < -0.4 is 10.6 Å². The highest BCUT2D eigenvalue weighted by Gasteiger charge is 2.26. The molecular formula is C21H22N2O2S. The second kappa shape index (κ2) is 7.54. The second-order valence-corrected chi connectivity index (χ2v) is 8.12. The van der Waals surface area contributed by atoms with E-state index < -0.39 is 0 Å². The van der Waals surface area contributed by atoms with Gasteiger partial charge in [-0.1, -0.05) is 42.5 Å². The van der Waals surface area contributed by atoms with E-state index in [0.29, 0.717) is 5.75 Å². The van der Waals surface area contributed by atoms with Crippen LogP contribution in [0.4, 0.5) is 5.69 Å². The normalized spacial score (nSPS) is 19.2. The molecule has 1 atom stereocenters. The lowest BCUT2D eigenvalue weighted by molar-refractivity contribution is -0.119. The van der Waals surface area contributed by atoms with Gasteiger partial charge >= 0.3 is 0 Å². The zero-order valence-electron chi connectivity index (χ0n) is 14.5. The molecule has 2 aromatic rings. The molecule has 0 spiro atoms. The molecule has 4 nitrogen and oxygen atoms in total. The smallest absolute Gasteiger partial charge is 0.237 e. The first-order valence-electron chi connectivity index (χ1n) is 9.05. The number of rotatable bonds is 4. The summed E-state index contributed by atoms with van der Waals surface area (Å²) < 4.78 is 0. The first-order valence-corrected chi connectivity index (χ1v) is 10.1. The molecule has 1 aliphatic carbocycles. The average molecular weight is 366 g/mol. The van der Waals surface area contributed by atoms with Crippen molar-refractivity contribution < 1.29 is 9.59 Å². The third-order valence-electron chi connectivity index (χ3n) is 5.08. The molecule has 2 amide bonds. The predicted molar refractivity (Wildman–Crippen MR) is 105 cm³/mol. The summed E-state index contributed by atoms with van der Waals surface area (Å²) in [7, 11) is 0. The third kappa shape index (κ3) is 3.78. The van der Waals surface area contributed by atoms with Gasteiger partial charge in [-0.05, 0) is 48.4 Å². The van der Waals surface area contributed by atoms with E-state index in [2.05, 4.69) is 22.8 Å². The summed E-state index contributed by atoms with van der Waals surface area (Å²) in [6.45, 7) is 0. The van der Waals surface area contributed by atoms with Gasteiger partial charge < -0.3 is 10.6 Å². The topological polar surface area (TPSA) is 58.2 Å². The Balaban J connectivity index is 1.28. The van der Waals surface area contributed by atoms with Gasteiger partial charge in [-0.25, -0.2) is 0 Å². The first-order chi connectivity index (χ1) is 12.7. The fraction of sp³-hybridized carbons (Fsp3) is 0.333. The van der Waals surface area contributed by atoms with Gasteiger partial charge in [0, 0.05) is 11.7 Å². The number of carbonyl (C=O) groups excluding carboxylic acids is 2. The van der Waals surface area contributed by atoms with Gasteiger partial charge in [0.1, 0.15) is 0 Å². The van der Waals surface area contributed by atoms with E-state index in [1.54, 1.807) is 0 Å². The maximum atomic E-state index is 12.4. The highest BCUT2D eigenvalue weighted by molar-refractivity contribution is 8.01. The van der Waals surface area contributed by atoms with Gasteiger partial charge in [-0.3, -0.25) is 9.59 Å². The molecule has 2 aromatic carbocycles. The fourth-order valence-corrected chi connectivity index (χ4v) is 4.69. The summed E-state index contributed by atoms with van der Waals surface area (Å²) in [5.74, 6) is 0.338. The number of para-hydroxylation sites is 1. The number of thioether (sulfide) groups is 1. The van der Waals surface area contributed by atoms with Crippen molar-refractivity contribution >= 4 is 29.3 Å². The number of anilines is 1. The molecule has 0 aromatic heterocycles. The minimum Gasteiger partial charge on any atom is -0.352 e. The predicted octanol–water partition coefficient (Wildman–Crippen LogP) is 2.96. The lowest BCUT2D eigenvalue weighted by Crippen LogP contribution is -2.37. The van der Waals surface area contributed by atoms with E-state index >= 15 is 0 Å². The van der Waals surface area contributed by atoms with Gasteiger partial charge in [0.25, 0.3) is 0 Å². The van der Waals surface area contributed by atoms with Crippen molar-refractivity contribution in [1.29, 1.82) is 0 Å². The number of hydrogen-bond donors (Lipinski definition) is 2. The molecule has 0 saturated carbocycles. The van der Waals surface area contributed by atoms with E-state index in [0.717, 1.165) is 36.9 Å². The molecule has 2 aliphatic rings. The van der Waals surface area contributed by atoms with Crippen molar-refractivity contribution in [1.82, 2.24) is 5.32 Å². The molecule has 0 saturated heterocycles. The Kier molecular flexibility index (Phi) is 4.98. The zero-order valence-corrected chi connectivity index (χ0v) is 15.4. The Bertz CT molecular complexity index is 811. The Morgan fingerprint density at radius 1 is 1.04 bits per heavy atom. The van der Waals surface area contributed by atoms with E-state index in [4.69, 9.17) is 0 Å². The Morgan fingerprint density at radius 3 is 2.42 bits per heavy atom. The fourth-order valence-electron chi connectivity index (χ4n) is 3.76. The summed E-state index contributed by atoms with van der Waals surface area (Å²) in [4.78, 5) is 24.8. The SMILES string of the molecule is O=C(CSC1CCc2ccccc2NC1=O)NC1Cc2ccccc2C1. The first kappa shape index (κ1) is 17.2. The van der Waals surface area contributed by atoms with Crippen LogP contribution in [0.5, 0.6) is 0 Å². The van der Waals surface area contributed by atoms with Crippen LogP contribution in [0.1, 0.15) is 23.1 Å². The Morgan fingerprint density at radius 2 is 1.69 bits per heavy atom. The van der Waals surface area contributed by atoms with Crippen LogP contribution in [0, 0.1) is 0 Å². The summed E-state index contributed by atoms with van der Waals surface area (Å²) in [6, 6.07) is 16.4. The van der Waals surface area contributed by atoms with E-state index in [1.165, 1.54) is 22.9 Å². The Labute approximate surface area is 157 Å². The minimum absolute atomic E-state index is 0.000946. The maximum Gasteiger partial charge on any atom is 0.237 e. The van der Waals surface area contributed by atoms with E-state index in [-0.39, 0.29) is 23.1 Å². The summed E-state index contributed by atoms with van der Waals surface area (Å²) in [5, 5.41) is 5.93. The number of aryl methyl sites for hydroxylation is 1. The molecule has 5 heteroatoms. The molecular weight excluding hydrogens is 344 g/mol. The number of benzene rings is 2. The quantitative estimate of drug-likeness (QED) is 0.875. The lowest BCUT2D eigenvalue weighted by atomic mass is 10.1. The van der Waals surface area contributed by atoms with E-state index in [9.17, 15) is 9.59 Å². The largest absolute Gasteiger partial charge is 0.352 e. The highest BCUT2D eigenvalue weighted by atomic mass is 32.2. The highest BCUT2D eigenvalue weighted by Crippen LogP contribution is 2.27. The van der Waals surface area contributed by atoms with Crippen LogP contribution in [0.15, 0.2) is 48.5 Å². The summed E-state index contributed by atoms with van der Waals surface area (Å²) >= 11 is 1.44. The molecule has 0 radical (unpaired) electrons. The average Bonchev–Trinajstić information content (AvgIpc) is 2.97. The number of hydrogen-bond acceptors (Lipinski definition) is 3. The van der Waals surface area contributed by atoms with Crippen molar-refractivity contribution in [3.8, 4) is 0 Å². The molecule has 4 rings (SSSR count). The molecule has 0 bridgehead atoms. The molecule has 0 fully saturated rings. The summed E-state index contributed by atoms with van der Waals surface area (Å²) in [6.07, 6.45) is 3.40. The standard InChI is InChI=1S/C21H22N2O2S/c24-20(22-17-11-15-6-1-2-7-16(15)12-17)13-26-19-10-9-14-5-3-4-8-18(14)23-21(19)25/h1-8,17,19H,9-13H2,(H,22,24)(H,23,25). The van der Waals surface area contributed by atoms with Crippen LogP contribution >= 0.6 is 11.8 Å². The lowest BCUT2D eigenvalue weighted by Gasteiger charge is -2.15. The van der Waals surface area contributed by atoms with Crippen molar-refractivity contribution in [3.63, 3.8) is 0 Å². The van der Waals surface area contributed by atoms with Crippen LogP contribution in [-0.2, 0) is 28.9 Å². The number of fused-ring (bicyclic) bond motifs is 2. The third-order valence-corrected chi connectivity index (χ3v) is 6.36. The van der Waals surface area contributed by atoms with Gasteiger partial charge in [0.05, 0.1) is 11.0 Å². The second-order valence-electron chi connectivity index (χ2n) is 6.93. The molecule has 134 valence electrons. The van der Waals surface area contributed by atoms with Crippen LogP contribution in [0.3, 0.4) is 0 Å². The number of nitrogens with one attached hydrogen (secondary N) is 2. The number of amides is 2. The van der Waals surface area contributed by atoms with E-state index in [1.807, 2.05) is 36.4 Å². The van der Waals surface area contributed by atoms with Crippen molar-refractivity contribution in [2.24, 2.45) is 0 Å². The van der Waals surface area contributed by atoms with Gasteiger partial charge in [-0.15, -0.1) is 11.8 Å². The van der Waals surface area contributed by atoms with Crippen LogP contribution in [0.2, 0.25) is 0 Å². The maximum absolute atomic E-state index is 12.4. The van der Waals surface area contributed by atoms with Crippen molar-refractivity contribution in [2.45, 2.75) is 37.0 Å². The summed E-state index contributed by atoms with van der Waals surface area (Å²) in [5.41, 5.74) is 4.71. The molecule has 1 unspecified atom stereocenters. The van der Waals surface area contributed by atoms with Crippen molar-refractivity contribution in [3.05, 3.63) is 65.2 Å². The zero-order chi connectivity index (χ0) is 17.9. The Hall–Kier alpha value is -2.27. The van der Waals surface area contributed by atoms with Gasteiger partial charge in [-0.2, -0.15) is 0 Å². The minimum atomic E-state index is -0.186. The molecule has 1 heterocycles. The van der Waals surface area contributed by atoms with Gasteiger partial charge in [0.15, 0.2) is 0 Å². The van der Waals surface area contributed by atoms with Crippen molar-refractivity contribution in [2.75, 3.05) is 11.1 Å². The van der Waals surface area contributed by atoms with Crippen LogP contribution in [-0.4, -0.2) is 28.9 Å². The number of carbonyl (C=O) groups is 2. The molecule has 2 N–H and O–H groups in total. The van der Waals surface area contributed by atoms with Gasteiger partial charge in [0.2, 0.25) is 11.8 Å². The van der Waals surface area contributed by atoms with Crippen LogP contribution in [0.25, 0.3) is 0 Å². The molecule has 26 heavy (non-hydrogen) atoms. The monoisotopic (exact) mass is 366 g/mol. The molecule has 1 aliphatic heterocycles.